The van der Waals surface area contributed by atoms with Gasteiger partial charge in [0.1, 0.15) is 5.71 Å². The Balaban J connectivity index is 2.06. The van der Waals surface area contributed by atoms with Crippen LogP contribution in [0.3, 0.4) is 0 Å². The van der Waals surface area contributed by atoms with E-state index in [0.29, 0.717) is 17.0 Å². The summed E-state index contributed by atoms with van der Waals surface area (Å²) in [6.07, 6.45) is 4.37. The monoisotopic (exact) mass is 283 g/mol. The largest absolute Gasteiger partial charge is 0.463 e. The molecule has 1 amide bonds. The Kier molecular flexibility index (Phi) is 3.25. The normalized spacial score (nSPS) is 16.4. The summed E-state index contributed by atoms with van der Waals surface area (Å²) < 4.78 is 5.34. The van der Waals surface area contributed by atoms with Gasteiger partial charge in [-0.05, 0) is 49.6 Å². The van der Waals surface area contributed by atoms with E-state index in [0.717, 1.165) is 17.8 Å². The van der Waals surface area contributed by atoms with Crippen LogP contribution in [-0.4, -0.2) is 16.6 Å². The highest BCUT2D eigenvalue weighted by molar-refractivity contribution is 6.32. The molecule has 2 N–H and O–H groups in total. The van der Waals surface area contributed by atoms with Gasteiger partial charge in [-0.3, -0.25) is 4.79 Å². The van der Waals surface area contributed by atoms with Crippen molar-refractivity contribution in [1.82, 2.24) is 10.4 Å². The molecule has 0 aliphatic carbocycles. The number of rotatable bonds is 3. The van der Waals surface area contributed by atoms with Crippen molar-refractivity contribution in [3.63, 3.8) is 0 Å². The Hall–Kier alpha value is -2.56. The van der Waals surface area contributed by atoms with Crippen LogP contribution in [0, 0.1) is 13.8 Å². The molecule has 5 nitrogen and oxygen atoms in total. The lowest BCUT2D eigenvalue weighted by molar-refractivity contribution is -0.116. The number of aryl methyl sites for hydroxylation is 1. The fraction of sp³-hybridized carbons (Fsp3) is 0.250. The Morgan fingerprint density at radius 1 is 1.38 bits per heavy atom. The number of carbonyl (C=O) groups excluding carboxylic acids is 1. The minimum atomic E-state index is -0.217. The SMILES string of the molecule is CCc1c(C)[nH]c(/C=C2/C(=O)NN=C2c2ccco2)c1C. The first kappa shape index (κ1) is 13.4. The lowest BCUT2D eigenvalue weighted by Crippen LogP contribution is -2.13. The van der Waals surface area contributed by atoms with E-state index in [1.165, 1.54) is 11.1 Å². The van der Waals surface area contributed by atoms with Crippen molar-refractivity contribution in [2.45, 2.75) is 27.2 Å². The molecule has 2 aromatic rings. The van der Waals surface area contributed by atoms with E-state index in [2.05, 4.69) is 29.4 Å². The number of hydrogen-bond acceptors (Lipinski definition) is 3. The highest BCUT2D eigenvalue weighted by atomic mass is 16.3. The first-order valence-corrected chi connectivity index (χ1v) is 6.93. The van der Waals surface area contributed by atoms with Crippen LogP contribution in [-0.2, 0) is 11.2 Å². The molecule has 1 aliphatic rings. The van der Waals surface area contributed by atoms with E-state index in [1.54, 1.807) is 18.4 Å². The number of carbonyl (C=O) groups is 1. The van der Waals surface area contributed by atoms with Crippen molar-refractivity contribution >= 4 is 17.7 Å². The molecule has 0 spiro atoms. The van der Waals surface area contributed by atoms with Crippen molar-refractivity contribution in [1.29, 1.82) is 0 Å². The number of hydrazone groups is 1. The smallest absolute Gasteiger partial charge is 0.273 e. The van der Waals surface area contributed by atoms with Crippen LogP contribution in [0.5, 0.6) is 0 Å². The number of hydrogen-bond donors (Lipinski definition) is 2. The molecule has 0 bridgehead atoms. The van der Waals surface area contributed by atoms with Crippen LogP contribution >= 0.6 is 0 Å². The van der Waals surface area contributed by atoms with Crippen molar-refractivity contribution in [2.75, 3.05) is 0 Å². The quantitative estimate of drug-likeness (QED) is 0.850. The standard InChI is InChI=1S/C16H17N3O2/c1-4-11-9(2)13(17-10(11)3)8-12-15(18-19-16(12)20)14-6-5-7-21-14/h5-8,17H,4H2,1-3H3,(H,19,20)/b12-8+. The predicted molar refractivity (Wildman–Crippen MR) is 81.0 cm³/mol. The zero-order valence-electron chi connectivity index (χ0n) is 12.3. The summed E-state index contributed by atoms with van der Waals surface area (Å²) in [5.41, 5.74) is 8.07. The van der Waals surface area contributed by atoms with Crippen LogP contribution in [0.4, 0.5) is 0 Å². The van der Waals surface area contributed by atoms with Gasteiger partial charge in [0.25, 0.3) is 5.91 Å². The Bertz CT molecular complexity index is 749. The maximum atomic E-state index is 12.0. The van der Waals surface area contributed by atoms with Gasteiger partial charge in [0.15, 0.2) is 5.76 Å². The topological polar surface area (TPSA) is 70.4 Å². The highest BCUT2D eigenvalue weighted by Crippen LogP contribution is 2.23. The summed E-state index contributed by atoms with van der Waals surface area (Å²) in [6.45, 7) is 6.23. The van der Waals surface area contributed by atoms with Gasteiger partial charge in [-0.1, -0.05) is 6.92 Å². The average molecular weight is 283 g/mol. The third-order valence-corrected chi connectivity index (χ3v) is 3.80. The number of H-pyrrole nitrogens is 1. The van der Waals surface area contributed by atoms with Gasteiger partial charge in [-0.2, -0.15) is 5.10 Å². The lowest BCUT2D eigenvalue weighted by Gasteiger charge is -1.99. The van der Waals surface area contributed by atoms with Gasteiger partial charge in [-0.15, -0.1) is 0 Å². The predicted octanol–water partition coefficient (Wildman–Crippen LogP) is 2.70. The van der Waals surface area contributed by atoms with Gasteiger partial charge in [0.2, 0.25) is 0 Å². The fourth-order valence-electron chi connectivity index (χ4n) is 2.70. The number of aromatic nitrogens is 1. The third kappa shape index (κ3) is 2.20. The molecule has 0 radical (unpaired) electrons. The first-order chi connectivity index (χ1) is 10.1. The molecule has 2 aromatic heterocycles. The van der Waals surface area contributed by atoms with Crippen LogP contribution in [0.25, 0.3) is 6.08 Å². The zero-order chi connectivity index (χ0) is 15.0. The summed E-state index contributed by atoms with van der Waals surface area (Å²) in [6, 6.07) is 3.56. The van der Waals surface area contributed by atoms with E-state index < -0.39 is 0 Å². The molecule has 0 fully saturated rings. The number of nitrogens with zero attached hydrogens (tertiary/aromatic N) is 1. The number of furan rings is 1. The molecule has 0 saturated carbocycles. The molecule has 0 unspecified atom stereocenters. The minimum absolute atomic E-state index is 0.217. The Morgan fingerprint density at radius 2 is 2.19 bits per heavy atom. The molecular weight excluding hydrogens is 266 g/mol. The first-order valence-electron chi connectivity index (χ1n) is 6.93. The van der Waals surface area contributed by atoms with Gasteiger partial charge in [0.05, 0.1) is 11.8 Å². The lowest BCUT2D eigenvalue weighted by atomic mass is 10.0. The molecule has 3 rings (SSSR count). The van der Waals surface area contributed by atoms with Crippen LogP contribution in [0.1, 0.15) is 35.2 Å². The van der Waals surface area contributed by atoms with Crippen molar-refractivity contribution in [2.24, 2.45) is 5.10 Å². The molecule has 1 aliphatic heterocycles. The second-order valence-electron chi connectivity index (χ2n) is 5.06. The second kappa shape index (κ2) is 5.09. The Morgan fingerprint density at radius 3 is 2.81 bits per heavy atom. The van der Waals surface area contributed by atoms with Gasteiger partial charge >= 0.3 is 0 Å². The summed E-state index contributed by atoms with van der Waals surface area (Å²) in [7, 11) is 0. The fourth-order valence-corrected chi connectivity index (χ4v) is 2.70. The van der Waals surface area contributed by atoms with Crippen molar-refractivity contribution in [3.05, 3.63) is 52.2 Å². The summed E-state index contributed by atoms with van der Waals surface area (Å²) >= 11 is 0. The second-order valence-corrected chi connectivity index (χ2v) is 5.06. The van der Waals surface area contributed by atoms with Gasteiger partial charge in [-0.25, -0.2) is 5.43 Å². The molecule has 0 atom stereocenters. The van der Waals surface area contributed by atoms with E-state index in [1.807, 2.05) is 13.0 Å². The maximum Gasteiger partial charge on any atom is 0.273 e. The van der Waals surface area contributed by atoms with Crippen LogP contribution in [0.2, 0.25) is 0 Å². The maximum absolute atomic E-state index is 12.0. The zero-order valence-corrected chi connectivity index (χ0v) is 12.3. The van der Waals surface area contributed by atoms with Gasteiger partial charge < -0.3 is 9.40 Å². The summed E-state index contributed by atoms with van der Waals surface area (Å²) in [5, 5.41) is 4.06. The molecule has 21 heavy (non-hydrogen) atoms. The number of aromatic amines is 1. The minimum Gasteiger partial charge on any atom is -0.463 e. The molecule has 108 valence electrons. The third-order valence-electron chi connectivity index (χ3n) is 3.80. The highest BCUT2D eigenvalue weighted by Gasteiger charge is 2.26. The van der Waals surface area contributed by atoms with Crippen molar-refractivity contribution in [3.8, 4) is 0 Å². The molecule has 0 saturated heterocycles. The number of amides is 1. The summed E-state index contributed by atoms with van der Waals surface area (Å²) in [4.78, 5) is 15.3. The van der Waals surface area contributed by atoms with Gasteiger partial charge in [0, 0.05) is 11.4 Å². The summed E-state index contributed by atoms with van der Waals surface area (Å²) in [5.74, 6) is 0.363. The van der Waals surface area contributed by atoms with Crippen molar-refractivity contribution < 1.29 is 9.21 Å². The van der Waals surface area contributed by atoms with E-state index >= 15 is 0 Å². The Labute approximate surface area is 122 Å². The molecular formula is C16H17N3O2. The van der Waals surface area contributed by atoms with E-state index in [-0.39, 0.29) is 5.91 Å². The molecule has 0 aromatic carbocycles. The van der Waals surface area contributed by atoms with E-state index in [9.17, 15) is 4.79 Å². The average Bonchev–Trinajstić information content (AvgIpc) is 3.14. The molecule has 3 heterocycles. The van der Waals surface area contributed by atoms with Crippen LogP contribution < -0.4 is 5.43 Å². The van der Waals surface area contributed by atoms with E-state index in [4.69, 9.17) is 4.42 Å². The molecule has 5 heteroatoms. The van der Waals surface area contributed by atoms with Crippen LogP contribution in [0.15, 0.2) is 33.5 Å². The number of nitrogens with one attached hydrogen (secondary N) is 2.